The summed E-state index contributed by atoms with van der Waals surface area (Å²) in [6.45, 7) is 6.51. The van der Waals surface area contributed by atoms with Gasteiger partial charge in [-0.05, 0) is 85.8 Å². The second-order valence-corrected chi connectivity index (χ2v) is 9.78. The molecular formula is C25H32O4. The standard InChI is InChI=1S/C25H32O4/c1-4-5-23(28)29-22(15-26)21-9-8-19-18-7-6-16-14-17(27)10-12-24(16,2)20(18)11-13-25(19,21)3/h10,12,14-15,18-20H,4-9,11,13H2,1-3H3/t18-,19-,20-,24-,25-/m0/s1. The average molecular weight is 397 g/mol. The predicted molar refractivity (Wildman–Crippen MR) is 111 cm³/mol. The Labute approximate surface area is 173 Å². The molecule has 4 heteroatoms. The number of ketones is 1. The zero-order chi connectivity index (χ0) is 20.8. The third-order valence-corrected chi connectivity index (χ3v) is 8.42. The lowest BCUT2D eigenvalue weighted by atomic mass is 9.48. The minimum Gasteiger partial charge on any atom is -0.423 e. The molecule has 0 aromatic carbocycles. The van der Waals surface area contributed by atoms with Gasteiger partial charge >= 0.3 is 5.97 Å². The monoisotopic (exact) mass is 396 g/mol. The summed E-state index contributed by atoms with van der Waals surface area (Å²) in [7, 11) is 0. The van der Waals surface area contributed by atoms with E-state index in [0.29, 0.717) is 30.6 Å². The van der Waals surface area contributed by atoms with Crippen LogP contribution in [0.4, 0.5) is 0 Å². The summed E-state index contributed by atoms with van der Waals surface area (Å²) in [5, 5.41) is 0. The second kappa shape index (κ2) is 7.37. The molecule has 0 N–H and O–H groups in total. The van der Waals surface area contributed by atoms with Crippen molar-refractivity contribution in [2.75, 3.05) is 0 Å². The maximum Gasteiger partial charge on any atom is 0.311 e. The third kappa shape index (κ3) is 3.15. The third-order valence-electron chi connectivity index (χ3n) is 8.42. The molecule has 4 aliphatic carbocycles. The van der Waals surface area contributed by atoms with E-state index in [1.54, 1.807) is 6.08 Å². The molecule has 4 rings (SSSR count). The van der Waals surface area contributed by atoms with E-state index in [-0.39, 0.29) is 28.3 Å². The number of allylic oxidation sites excluding steroid dienone is 6. The molecule has 29 heavy (non-hydrogen) atoms. The van der Waals surface area contributed by atoms with Gasteiger partial charge in [-0.3, -0.25) is 14.4 Å². The minimum atomic E-state index is -0.306. The number of esters is 1. The smallest absolute Gasteiger partial charge is 0.311 e. The lowest BCUT2D eigenvalue weighted by Crippen LogP contribution is -2.48. The van der Waals surface area contributed by atoms with Crippen molar-refractivity contribution in [3.8, 4) is 0 Å². The number of ether oxygens (including phenoxy) is 1. The highest BCUT2D eigenvalue weighted by Crippen LogP contribution is 2.66. The van der Waals surface area contributed by atoms with Gasteiger partial charge in [0.25, 0.3) is 0 Å². The Hall–Kier alpha value is -1.97. The summed E-state index contributed by atoms with van der Waals surface area (Å²) >= 11 is 0. The molecule has 3 saturated carbocycles. The van der Waals surface area contributed by atoms with E-state index in [1.807, 2.05) is 13.0 Å². The van der Waals surface area contributed by atoms with E-state index in [4.69, 9.17) is 4.74 Å². The van der Waals surface area contributed by atoms with Crippen LogP contribution in [0.15, 0.2) is 35.1 Å². The topological polar surface area (TPSA) is 60.4 Å². The number of hydrogen-bond acceptors (Lipinski definition) is 4. The van der Waals surface area contributed by atoms with Crippen molar-refractivity contribution in [2.45, 2.75) is 72.1 Å². The fraction of sp³-hybridized carbons (Fsp3) is 0.640. The molecule has 0 radical (unpaired) electrons. The Morgan fingerprint density at radius 2 is 2.00 bits per heavy atom. The van der Waals surface area contributed by atoms with E-state index in [0.717, 1.165) is 50.4 Å². The molecule has 0 aromatic heterocycles. The summed E-state index contributed by atoms with van der Waals surface area (Å²) in [6, 6.07) is 0. The van der Waals surface area contributed by atoms with Gasteiger partial charge in [0.05, 0.1) is 0 Å². The first kappa shape index (κ1) is 20.3. The zero-order valence-electron chi connectivity index (χ0n) is 17.8. The Morgan fingerprint density at radius 1 is 1.21 bits per heavy atom. The Morgan fingerprint density at radius 3 is 2.72 bits per heavy atom. The van der Waals surface area contributed by atoms with Gasteiger partial charge in [-0.2, -0.15) is 0 Å². The van der Waals surface area contributed by atoms with Crippen LogP contribution in [0.25, 0.3) is 0 Å². The summed E-state index contributed by atoms with van der Waals surface area (Å²) in [5.74, 6) is 1.70. The van der Waals surface area contributed by atoms with Crippen LogP contribution in [0.1, 0.15) is 72.1 Å². The van der Waals surface area contributed by atoms with Gasteiger partial charge in [0.1, 0.15) is 0 Å². The van der Waals surface area contributed by atoms with E-state index in [2.05, 4.69) is 19.9 Å². The van der Waals surface area contributed by atoms with Crippen molar-refractivity contribution in [3.05, 3.63) is 35.1 Å². The van der Waals surface area contributed by atoms with Crippen molar-refractivity contribution in [2.24, 2.45) is 28.6 Å². The molecule has 0 aliphatic heterocycles. The summed E-state index contributed by atoms with van der Waals surface area (Å²) in [4.78, 5) is 35.7. The van der Waals surface area contributed by atoms with Crippen molar-refractivity contribution < 1.29 is 19.1 Å². The molecule has 5 atom stereocenters. The SMILES string of the molecule is CCCC(=O)OC(C=O)=C1CC[C@H]2[C@@H]3CCC4=CC(=O)C=C[C@]4(C)[C@H]3CC[C@]12C. The molecule has 0 heterocycles. The first-order valence-electron chi connectivity index (χ1n) is 11.2. The van der Waals surface area contributed by atoms with Gasteiger partial charge in [0.2, 0.25) is 0 Å². The first-order valence-corrected chi connectivity index (χ1v) is 11.2. The quantitative estimate of drug-likeness (QED) is 0.287. The lowest BCUT2D eigenvalue weighted by molar-refractivity contribution is -0.141. The molecule has 3 fully saturated rings. The summed E-state index contributed by atoms with van der Waals surface area (Å²) in [6.07, 6.45) is 13.6. The van der Waals surface area contributed by atoms with Crippen LogP contribution >= 0.6 is 0 Å². The van der Waals surface area contributed by atoms with Crippen molar-refractivity contribution in [3.63, 3.8) is 0 Å². The fourth-order valence-electron chi connectivity index (χ4n) is 6.95. The van der Waals surface area contributed by atoms with E-state index < -0.39 is 0 Å². The Balaban J connectivity index is 1.64. The van der Waals surface area contributed by atoms with Gasteiger partial charge in [0, 0.05) is 11.8 Å². The fourth-order valence-corrected chi connectivity index (χ4v) is 6.95. The number of carbonyl (C=O) groups is 3. The van der Waals surface area contributed by atoms with Crippen molar-refractivity contribution in [1.29, 1.82) is 0 Å². The van der Waals surface area contributed by atoms with Gasteiger partial charge in [-0.15, -0.1) is 0 Å². The lowest BCUT2D eigenvalue weighted by Gasteiger charge is -2.56. The molecule has 0 saturated heterocycles. The Bertz CT molecular complexity index is 832. The molecule has 0 unspecified atom stereocenters. The molecule has 0 amide bonds. The zero-order valence-corrected chi connectivity index (χ0v) is 17.8. The molecule has 156 valence electrons. The number of carbonyl (C=O) groups excluding carboxylic acids is 3. The summed E-state index contributed by atoms with van der Waals surface area (Å²) < 4.78 is 5.51. The molecule has 4 nitrogen and oxygen atoms in total. The van der Waals surface area contributed by atoms with Crippen LogP contribution in [0, 0.1) is 28.6 Å². The van der Waals surface area contributed by atoms with Crippen LogP contribution in [-0.2, 0) is 19.1 Å². The maximum absolute atomic E-state index is 12.0. The van der Waals surface area contributed by atoms with Crippen LogP contribution in [0.2, 0.25) is 0 Å². The highest BCUT2D eigenvalue weighted by Gasteiger charge is 2.57. The average Bonchev–Trinajstić information content (AvgIpc) is 3.04. The largest absolute Gasteiger partial charge is 0.423 e. The van der Waals surface area contributed by atoms with E-state index in [9.17, 15) is 14.4 Å². The van der Waals surface area contributed by atoms with Crippen LogP contribution in [-0.4, -0.2) is 18.0 Å². The first-order chi connectivity index (χ1) is 13.8. The number of fused-ring (bicyclic) bond motifs is 5. The minimum absolute atomic E-state index is 0.0221. The molecule has 4 aliphatic rings. The maximum atomic E-state index is 12.0. The van der Waals surface area contributed by atoms with E-state index >= 15 is 0 Å². The molecule has 0 aromatic rings. The summed E-state index contributed by atoms with van der Waals surface area (Å²) in [5.41, 5.74) is 2.26. The number of aldehydes is 1. The highest BCUT2D eigenvalue weighted by molar-refractivity contribution is 6.01. The van der Waals surface area contributed by atoms with Crippen molar-refractivity contribution in [1.82, 2.24) is 0 Å². The van der Waals surface area contributed by atoms with Crippen LogP contribution < -0.4 is 0 Å². The molecule has 0 spiro atoms. The van der Waals surface area contributed by atoms with Crippen molar-refractivity contribution >= 4 is 18.0 Å². The normalized spacial score (nSPS) is 39.8. The predicted octanol–water partition coefficient (Wildman–Crippen LogP) is 5.09. The number of hydrogen-bond donors (Lipinski definition) is 0. The molecule has 0 bridgehead atoms. The highest BCUT2D eigenvalue weighted by atomic mass is 16.5. The van der Waals surface area contributed by atoms with Gasteiger partial charge in [-0.25, -0.2) is 0 Å². The molecular weight excluding hydrogens is 364 g/mol. The van der Waals surface area contributed by atoms with Crippen LogP contribution in [0.3, 0.4) is 0 Å². The van der Waals surface area contributed by atoms with Gasteiger partial charge in [-0.1, -0.05) is 32.4 Å². The Kier molecular flexibility index (Phi) is 5.16. The van der Waals surface area contributed by atoms with Gasteiger partial charge in [0.15, 0.2) is 17.8 Å². The second-order valence-electron chi connectivity index (χ2n) is 9.78. The van der Waals surface area contributed by atoms with E-state index in [1.165, 1.54) is 5.57 Å². The van der Waals surface area contributed by atoms with Crippen LogP contribution in [0.5, 0.6) is 0 Å². The van der Waals surface area contributed by atoms with Gasteiger partial charge < -0.3 is 4.74 Å². The number of rotatable bonds is 4.